The molecule has 0 N–H and O–H groups in total. The maximum absolute atomic E-state index is 10.3. The standard InChI is InChI=1S/C80H40N8.Pd/c1-83-59-31-27-49(28-32-59)71-77-65-39-55-15-7-5-13-53(55)37-63(65)75(86-77)69(47-23-19-45(43-81)20-24-47)73-61-35-51-11-3-4-12-52(51)36-62(61)74(85-73)70(48-25-21-46(44-82)22-26-48)76-64-38-54-14-6-8-16-56(54)40-66(64)78(87-76)72(50-29-33-60(84-2)34-30-50)80-68-42-58-18-10-9-17-57(58)41-67(68)79(71)88-80;/h3-42H;/q-2;+2. The van der Waals surface area contributed by atoms with Crippen molar-refractivity contribution in [2.45, 2.75) is 0 Å². The van der Waals surface area contributed by atoms with Crippen LogP contribution in [-0.2, 0) is 20.4 Å². The maximum Gasteiger partial charge on any atom is 2.00 e. The van der Waals surface area contributed by atoms with Crippen LogP contribution in [0.2, 0.25) is 0 Å². The van der Waals surface area contributed by atoms with Gasteiger partial charge in [-0.1, -0.05) is 170 Å². The van der Waals surface area contributed by atoms with Crippen LogP contribution in [0.15, 0.2) is 243 Å². The first-order valence-electron chi connectivity index (χ1n) is 28.8. The summed E-state index contributed by atoms with van der Waals surface area (Å²) in [5.41, 5.74) is 17.3. The van der Waals surface area contributed by atoms with Crippen LogP contribution < -0.4 is 9.97 Å². The second kappa shape index (κ2) is 20.6. The van der Waals surface area contributed by atoms with Crippen LogP contribution in [0.3, 0.4) is 0 Å². The monoisotopic (exact) mass is 1220 g/mol. The van der Waals surface area contributed by atoms with Crippen LogP contribution in [0.5, 0.6) is 0 Å². The van der Waals surface area contributed by atoms with Crippen LogP contribution in [0.1, 0.15) is 11.1 Å². The Morgan fingerprint density at radius 1 is 0.303 bits per heavy atom. The van der Waals surface area contributed by atoms with Gasteiger partial charge in [0, 0.05) is 22.3 Å². The molecule has 0 saturated carbocycles. The molecule has 14 aromatic rings. The molecule has 0 fully saturated rings. The largest absolute Gasteiger partial charge is 2.00 e. The molecule has 3 aliphatic rings. The molecule has 0 atom stereocenters. The molecule has 2 aliphatic heterocycles. The molecule has 1 aliphatic carbocycles. The average Bonchev–Trinajstić information content (AvgIpc) is 1.63. The van der Waals surface area contributed by atoms with Gasteiger partial charge in [0.15, 0.2) is 11.4 Å². The Morgan fingerprint density at radius 2 is 0.528 bits per heavy atom. The molecule has 8 nitrogen and oxygen atoms in total. The summed E-state index contributed by atoms with van der Waals surface area (Å²) in [5, 5.41) is 32.4. The zero-order valence-corrected chi connectivity index (χ0v) is 48.5. The topological polar surface area (TPSA) is 110 Å². The predicted octanol–water partition coefficient (Wildman–Crippen LogP) is 20.7. The quantitative estimate of drug-likeness (QED) is 0.128. The molecule has 89 heavy (non-hydrogen) atoms. The van der Waals surface area contributed by atoms with E-state index in [0.29, 0.717) is 67.3 Å². The molecular weight excluding hydrogens is 1180 g/mol. The summed E-state index contributed by atoms with van der Waals surface area (Å²) in [5.74, 6) is 0. The molecule has 4 heterocycles. The molecule has 0 saturated heterocycles. The Bertz CT molecular complexity index is 5230. The third kappa shape index (κ3) is 8.28. The van der Waals surface area contributed by atoms with Gasteiger partial charge >= 0.3 is 20.4 Å². The second-order valence-corrected chi connectivity index (χ2v) is 22.4. The molecule has 0 unspecified atom stereocenters. The van der Waals surface area contributed by atoms with E-state index < -0.39 is 0 Å². The zero-order chi connectivity index (χ0) is 58.7. The van der Waals surface area contributed by atoms with Crippen molar-refractivity contribution in [3.05, 3.63) is 277 Å². The molecule has 8 bridgehead atoms. The summed E-state index contributed by atoms with van der Waals surface area (Å²) in [6.45, 7) is 16.2. The molecular formula is C80H40N8Pd. The zero-order valence-electron chi connectivity index (χ0n) is 47.0. The van der Waals surface area contributed by atoms with Gasteiger partial charge in [-0.15, -0.1) is 22.1 Å². The summed E-state index contributed by atoms with van der Waals surface area (Å²) < 4.78 is 0. The third-order valence-corrected chi connectivity index (χ3v) is 17.5. The molecule has 2 aromatic heterocycles. The van der Waals surface area contributed by atoms with E-state index in [0.717, 1.165) is 131 Å². The molecule has 0 radical (unpaired) electrons. The van der Waals surface area contributed by atoms with Crippen molar-refractivity contribution < 1.29 is 20.4 Å². The minimum atomic E-state index is 0. The van der Waals surface area contributed by atoms with Gasteiger partial charge < -0.3 is 9.97 Å². The molecule has 17 rings (SSSR count). The SMILES string of the molecule is [C-]#[N+]c1ccc(-c2c3nc(c(-c4ccc(C#N)cc4)c4[n-]c(c(-c5ccc(C#N)cc5)c5nc(c(-c6ccc([N+]#[C-])cc6)c6[n-]c2c2cc7ccccc7cc62)-c2cc6ccccc6cc2-5)c2cc5ccccc5cc42)-c2cc4ccccc4cc2-3)cc1.[Pd+2]. The first kappa shape index (κ1) is 52.5. The van der Waals surface area contributed by atoms with E-state index in [-0.39, 0.29) is 20.4 Å². The van der Waals surface area contributed by atoms with Crippen molar-refractivity contribution in [3.8, 4) is 102 Å². The van der Waals surface area contributed by atoms with Gasteiger partial charge in [-0.3, -0.25) is 0 Å². The number of nitrogens with zero attached hydrogens (tertiary/aromatic N) is 8. The van der Waals surface area contributed by atoms with Crippen molar-refractivity contribution in [2.75, 3.05) is 0 Å². The van der Waals surface area contributed by atoms with Crippen LogP contribution >= 0.6 is 0 Å². The van der Waals surface area contributed by atoms with Crippen molar-refractivity contribution in [3.63, 3.8) is 0 Å². The molecule has 9 heteroatoms. The van der Waals surface area contributed by atoms with E-state index in [1.807, 2.05) is 97.1 Å². The Labute approximate surface area is 523 Å². The van der Waals surface area contributed by atoms with Crippen molar-refractivity contribution in [1.82, 2.24) is 19.9 Å². The number of benzene rings is 12. The fourth-order valence-electron chi connectivity index (χ4n) is 13.4. The van der Waals surface area contributed by atoms with Gasteiger partial charge in [0.1, 0.15) is 0 Å². The van der Waals surface area contributed by atoms with E-state index >= 15 is 0 Å². The molecule has 12 aromatic carbocycles. The van der Waals surface area contributed by atoms with E-state index in [4.69, 9.17) is 33.1 Å². The number of hydrogen-bond donors (Lipinski definition) is 0. The van der Waals surface area contributed by atoms with Crippen LogP contribution in [0, 0.1) is 35.8 Å². The molecule has 0 spiro atoms. The number of nitriles is 2. The predicted molar refractivity (Wildman–Crippen MR) is 357 cm³/mol. The van der Waals surface area contributed by atoms with E-state index in [1.165, 1.54) is 0 Å². The molecule has 0 amide bonds. The number of aromatic nitrogens is 4. The van der Waals surface area contributed by atoms with Crippen LogP contribution in [-0.4, -0.2) is 9.97 Å². The summed E-state index contributed by atoms with van der Waals surface area (Å²) in [6.07, 6.45) is 0. The smallest absolute Gasteiger partial charge is 0.656 e. The van der Waals surface area contributed by atoms with Gasteiger partial charge in [-0.25, -0.2) is 19.7 Å². The summed E-state index contributed by atoms with van der Waals surface area (Å²) in [6, 6.07) is 87.1. The van der Waals surface area contributed by atoms with E-state index in [1.54, 1.807) is 0 Å². The molecule has 410 valence electrons. The Hall–Kier alpha value is -12.1. The number of hydrogen-bond acceptors (Lipinski definition) is 4. The minimum absolute atomic E-state index is 0. The van der Waals surface area contributed by atoms with E-state index in [9.17, 15) is 10.5 Å². The maximum atomic E-state index is 10.3. The Kier molecular flexibility index (Phi) is 12.1. The Balaban J connectivity index is 0.00000636. The van der Waals surface area contributed by atoms with Gasteiger partial charge in [-0.2, -0.15) is 10.5 Å². The minimum Gasteiger partial charge on any atom is -0.656 e. The van der Waals surface area contributed by atoms with Crippen molar-refractivity contribution in [2.24, 2.45) is 0 Å². The second-order valence-electron chi connectivity index (χ2n) is 22.4. The van der Waals surface area contributed by atoms with Gasteiger partial charge in [0.05, 0.1) is 59.2 Å². The fraction of sp³-hybridized carbons (Fsp3) is 0. The van der Waals surface area contributed by atoms with Crippen molar-refractivity contribution >= 4 is 98.1 Å². The third-order valence-electron chi connectivity index (χ3n) is 17.5. The van der Waals surface area contributed by atoms with Gasteiger partial charge in [0.2, 0.25) is 0 Å². The van der Waals surface area contributed by atoms with E-state index in [2.05, 4.69) is 167 Å². The van der Waals surface area contributed by atoms with Gasteiger partial charge in [-0.05, 0) is 182 Å². The first-order valence-corrected chi connectivity index (χ1v) is 28.8. The summed E-state index contributed by atoms with van der Waals surface area (Å²) in [4.78, 5) is 32.0. The average molecular weight is 1220 g/mol. The van der Waals surface area contributed by atoms with Crippen LogP contribution in [0.4, 0.5) is 11.4 Å². The summed E-state index contributed by atoms with van der Waals surface area (Å²) in [7, 11) is 0. The summed E-state index contributed by atoms with van der Waals surface area (Å²) >= 11 is 0. The van der Waals surface area contributed by atoms with Crippen LogP contribution in [0.25, 0.3) is 186 Å². The number of fused-ring (bicyclic) bond motifs is 4. The Morgan fingerprint density at radius 3 is 0.753 bits per heavy atom. The normalized spacial score (nSPS) is 11.5. The van der Waals surface area contributed by atoms with Crippen molar-refractivity contribution in [1.29, 1.82) is 10.5 Å². The number of rotatable bonds is 4. The van der Waals surface area contributed by atoms with Gasteiger partial charge in [0.25, 0.3) is 0 Å². The fourth-order valence-corrected chi connectivity index (χ4v) is 13.4. The first-order chi connectivity index (χ1) is 43.4.